The van der Waals surface area contributed by atoms with Crippen molar-refractivity contribution in [2.75, 3.05) is 32.8 Å². The number of hydrogen-bond donors (Lipinski definition) is 1. The lowest BCUT2D eigenvalue weighted by atomic mass is 10.2. The van der Waals surface area contributed by atoms with Crippen molar-refractivity contribution in [3.05, 3.63) is 24.2 Å². The first kappa shape index (κ1) is 13.6. The van der Waals surface area contributed by atoms with Crippen molar-refractivity contribution in [2.24, 2.45) is 0 Å². The Morgan fingerprint density at radius 2 is 2.44 bits per heavy atom. The van der Waals surface area contributed by atoms with E-state index in [2.05, 4.69) is 24.1 Å². The van der Waals surface area contributed by atoms with Crippen LogP contribution in [0.4, 0.5) is 0 Å². The van der Waals surface area contributed by atoms with Crippen LogP contribution in [0.15, 0.2) is 22.8 Å². The lowest BCUT2D eigenvalue weighted by Crippen LogP contribution is -2.36. The third-order valence-corrected chi connectivity index (χ3v) is 3.38. The van der Waals surface area contributed by atoms with Gasteiger partial charge >= 0.3 is 0 Å². The molecule has 0 amide bonds. The van der Waals surface area contributed by atoms with Crippen LogP contribution in [-0.2, 0) is 4.74 Å². The molecule has 0 saturated carbocycles. The number of furan rings is 1. The number of nitrogens with zero attached hydrogens (tertiary/aromatic N) is 1. The Balaban J connectivity index is 1.68. The SMILES string of the molecule is CC1CN(CCNC(C)c2ccco2)CCCO1. The molecule has 0 aliphatic carbocycles. The van der Waals surface area contributed by atoms with Gasteiger partial charge in [-0.25, -0.2) is 0 Å². The van der Waals surface area contributed by atoms with E-state index in [-0.39, 0.29) is 6.04 Å². The molecule has 1 fully saturated rings. The van der Waals surface area contributed by atoms with Crippen molar-refractivity contribution in [1.82, 2.24) is 10.2 Å². The van der Waals surface area contributed by atoms with E-state index in [1.807, 2.05) is 12.1 Å². The van der Waals surface area contributed by atoms with Gasteiger partial charge in [0.2, 0.25) is 0 Å². The standard InChI is InChI=1S/C14H24N2O2/c1-12-11-16(7-4-10-17-12)8-6-15-13(2)14-5-3-9-18-14/h3,5,9,12-13,15H,4,6-8,10-11H2,1-2H3. The molecule has 2 rings (SSSR count). The fourth-order valence-corrected chi connectivity index (χ4v) is 2.36. The van der Waals surface area contributed by atoms with Crippen molar-refractivity contribution in [3.63, 3.8) is 0 Å². The molecule has 1 saturated heterocycles. The normalized spacial score (nSPS) is 23.8. The largest absolute Gasteiger partial charge is 0.468 e. The highest BCUT2D eigenvalue weighted by atomic mass is 16.5. The Bertz CT molecular complexity index is 327. The number of rotatable bonds is 5. The van der Waals surface area contributed by atoms with Crippen LogP contribution in [0.25, 0.3) is 0 Å². The maximum atomic E-state index is 5.64. The fourth-order valence-electron chi connectivity index (χ4n) is 2.36. The second-order valence-corrected chi connectivity index (χ2v) is 5.03. The number of hydrogen-bond acceptors (Lipinski definition) is 4. The molecule has 4 nitrogen and oxygen atoms in total. The molecule has 0 radical (unpaired) electrons. The molecule has 1 aliphatic rings. The third-order valence-electron chi connectivity index (χ3n) is 3.38. The van der Waals surface area contributed by atoms with Gasteiger partial charge in [-0.15, -0.1) is 0 Å². The molecule has 18 heavy (non-hydrogen) atoms. The molecule has 4 heteroatoms. The van der Waals surface area contributed by atoms with Gasteiger partial charge in [0.25, 0.3) is 0 Å². The minimum absolute atomic E-state index is 0.278. The fraction of sp³-hybridized carbons (Fsp3) is 0.714. The van der Waals surface area contributed by atoms with E-state index in [0.717, 1.165) is 45.0 Å². The summed E-state index contributed by atoms with van der Waals surface area (Å²) in [6, 6.07) is 4.22. The Labute approximate surface area is 109 Å². The summed E-state index contributed by atoms with van der Waals surface area (Å²) in [4.78, 5) is 2.47. The van der Waals surface area contributed by atoms with E-state index in [1.54, 1.807) is 6.26 Å². The highest BCUT2D eigenvalue weighted by Gasteiger charge is 2.15. The smallest absolute Gasteiger partial charge is 0.120 e. The van der Waals surface area contributed by atoms with Crippen LogP contribution in [0.2, 0.25) is 0 Å². The van der Waals surface area contributed by atoms with Gasteiger partial charge in [0.1, 0.15) is 5.76 Å². The highest BCUT2D eigenvalue weighted by Crippen LogP contribution is 2.11. The van der Waals surface area contributed by atoms with Gasteiger partial charge in [-0.3, -0.25) is 4.90 Å². The zero-order valence-corrected chi connectivity index (χ0v) is 11.4. The van der Waals surface area contributed by atoms with Crippen LogP contribution in [0.1, 0.15) is 32.1 Å². The molecule has 1 aromatic heterocycles. The maximum absolute atomic E-state index is 5.64. The minimum Gasteiger partial charge on any atom is -0.468 e. The van der Waals surface area contributed by atoms with E-state index in [1.165, 1.54) is 0 Å². The first-order valence-electron chi connectivity index (χ1n) is 6.86. The van der Waals surface area contributed by atoms with Gasteiger partial charge < -0.3 is 14.5 Å². The summed E-state index contributed by atoms with van der Waals surface area (Å²) >= 11 is 0. The molecule has 0 bridgehead atoms. The van der Waals surface area contributed by atoms with Crippen molar-refractivity contribution in [1.29, 1.82) is 0 Å². The van der Waals surface area contributed by atoms with Gasteiger partial charge in [-0.2, -0.15) is 0 Å². The third kappa shape index (κ3) is 4.12. The molecular formula is C14H24N2O2. The average Bonchev–Trinajstić information content (AvgIpc) is 2.80. The van der Waals surface area contributed by atoms with E-state index >= 15 is 0 Å². The van der Waals surface area contributed by atoms with Crippen LogP contribution >= 0.6 is 0 Å². The van der Waals surface area contributed by atoms with E-state index in [0.29, 0.717) is 6.10 Å². The first-order chi connectivity index (χ1) is 8.75. The zero-order chi connectivity index (χ0) is 12.8. The summed E-state index contributed by atoms with van der Waals surface area (Å²) in [6.45, 7) is 9.41. The summed E-state index contributed by atoms with van der Waals surface area (Å²) in [5.74, 6) is 1.00. The van der Waals surface area contributed by atoms with Crippen molar-refractivity contribution < 1.29 is 9.15 Å². The lowest BCUT2D eigenvalue weighted by molar-refractivity contribution is 0.0678. The molecule has 2 heterocycles. The second kappa shape index (κ2) is 6.92. The van der Waals surface area contributed by atoms with E-state index in [9.17, 15) is 0 Å². The Morgan fingerprint density at radius 1 is 1.56 bits per heavy atom. The quantitative estimate of drug-likeness (QED) is 0.870. The van der Waals surface area contributed by atoms with Crippen molar-refractivity contribution >= 4 is 0 Å². The van der Waals surface area contributed by atoms with Crippen LogP contribution < -0.4 is 5.32 Å². The van der Waals surface area contributed by atoms with Crippen LogP contribution in [0, 0.1) is 0 Å². The monoisotopic (exact) mass is 252 g/mol. The summed E-state index contributed by atoms with van der Waals surface area (Å²) in [5.41, 5.74) is 0. The molecule has 102 valence electrons. The van der Waals surface area contributed by atoms with Gasteiger partial charge in [0.15, 0.2) is 0 Å². The Hall–Kier alpha value is -0.840. The van der Waals surface area contributed by atoms with Gasteiger partial charge in [0, 0.05) is 32.8 Å². The van der Waals surface area contributed by atoms with Crippen LogP contribution in [0.3, 0.4) is 0 Å². The average molecular weight is 252 g/mol. The van der Waals surface area contributed by atoms with Gasteiger partial charge in [0.05, 0.1) is 18.4 Å². The highest BCUT2D eigenvalue weighted by molar-refractivity contribution is 5.02. The molecular weight excluding hydrogens is 228 g/mol. The minimum atomic E-state index is 0.278. The van der Waals surface area contributed by atoms with E-state index < -0.39 is 0 Å². The maximum Gasteiger partial charge on any atom is 0.120 e. The summed E-state index contributed by atoms with van der Waals surface area (Å²) < 4.78 is 11.0. The lowest BCUT2D eigenvalue weighted by Gasteiger charge is -2.22. The molecule has 0 spiro atoms. The Morgan fingerprint density at radius 3 is 3.22 bits per heavy atom. The second-order valence-electron chi connectivity index (χ2n) is 5.03. The molecule has 0 aromatic carbocycles. The van der Waals surface area contributed by atoms with Crippen molar-refractivity contribution in [3.8, 4) is 0 Å². The number of ether oxygens (including phenoxy) is 1. The summed E-state index contributed by atoms with van der Waals surface area (Å²) in [6.07, 6.45) is 3.22. The molecule has 2 atom stereocenters. The topological polar surface area (TPSA) is 37.6 Å². The molecule has 1 N–H and O–H groups in total. The first-order valence-corrected chi connectivity index (χ1v) is 6.86. The van der Waals surface area contributed by atoms with Crippen molar-refractivity contribution in [2.45, 2.75) is 32.4 Å². The summed E-state index contributed by atoms with van der Waals surface area (Å²) in [5, 5.41) is 3.49. The van der Waals surface area contributed by atoms with Gasteiger partial charge in [-0.1, -0.05) is 0 Å². The Kier molecular flexibility index (Phi) is 5.23. The van der Waals surface area contributed by atoms with E-state index in [4.69, 9.17) is 9.15 Å². The summed E-state index contributed by atoms with van der Waals surface area (Å²) in [7, 11) is 0. The molecule has 1 aliphatic heterocycles. The number of nitrogens with one attached hydrogen (secondary N) is 1. The molecule has 1 aromatic rings. The van der Waals surface area contributed by atoms with Crippen LogP contribution in [-0.4, -0.2) is 43.8 Å². The van der Waals surface area contributed by atoms with Crippen LogP contribution in [0.5, 0.6) is 0 Å². The predicted octanol–water partition coefficient (Wildman–Crippen LogP) is 2.04. The van der Waals surface area contributed by atoms with Gasteiger partial charge in [-0.05, 0) is 32.4 Å². The molecule has 2 unspecified atom stereocenters. The zero-order valence-electron chi connectivity index (χ0n) is 11.4. The predicted molar refractivity (Wildman–Crippen MR) is 71.6 cm³/mol.